The minimum Gasteiger partial charge on any atom is -0.448 e. The summed E-state index contributed by atoms with van der Waals surface area (Å²) in [7, 11) is -3.41. The van der Waals surface area contributed by atoms with Crippen molar-refractivity contribution in [1.29, 1.82) is 0 Å². The van der Waals surface area contributed by atoms with Crippen LogP contribution in [0.1, 0.15) is 49.4 Å². The third kappa shape index (κ3) is 4.32. The fraction of sp³-hybridized carbons (Fsp3) is 0.381. The molecule has 1 aliphatic heterocycles. The lowest BCUT2D eigenvalue weighted by Crippen LogP contribution is -2.40. The number of rotatable bonds is 5. The van der Waals surface area contributed by atoms with Gasteiger partial charge in [0.25, 0.3) is 11.7 Å². The quantitative estimate of drug-likeness (QED) is 0.764. The Morgan fingerprint density at radius 3 is 2.52 bits per heavy atom. The summed E-state index contributed by atoms with van der Waals surface area (Å²) in [5.74, 6) is 0.389. The molecule has 0 radical (unpaired) electrons. The minimum atomic E-state index is -3.41. The van der Waals surface area contributed by atoms with E-state index in [1.165, 1.54) is 12.5 Å². The van der Waals surface area contributed by atoms with Crippen LogP contribution in [0.15, 0.2) is 42.5 Å². The van der Waals surface area contributed by atoms with Gasteiger partial charge < -0.3 is 14.8 Å². The SMILES string of the molecule is CCS(=O)(=O)Nc1cccc(C(=O)Nc2ccc3c(c2)OC2(CCCCC2)O3)c1. The van der Waals surface area contributed by atoms with Crippen molar-refractivity contribution in [2.24, 2.45) is 0 Å². The smallest absolute Gasteiger partial charge is 0.255 e. The topological polar surface area (TPSA) is 93.7 Å². The van der Waals surface area contributed by atoms with E-state index in [1.807, 2.05) is 0 Å². The lowest BCUT2D eigenvalue weighted by Gasteiger charge is -2.31. The third-order valence-corrected chi connectivity index (χ3v) is 6.49. The Bertz CT molecular complexity index is 1030. The summed E-state index contributed by atoms with van der Waals surface area (Å²) in [4.78, 5) is 12.6. The number of amides is 1. The Labute approximate surface area is 170 Å². The van der Waals surface area contributed by atoms with Crippen LogP contribution in [0.4, 0.5) is 11.4 Å². The first-order valence-electron chi connectivity index (χ1n) is 9.82. The summed E-state index contributed by atoms with van der Waals surface area (Å²) in [6.45, 7) is 1.55. The molecule has 0 saturated heterocycles. The van der Waals surface area contributed by atoms with Crippen LogP contribution in [-0.2, 0) is 10.0 Å². The Kier molecular flexibility index (Phi) is 5.12. The van der Waals surface area contributed by atoms with Gasteiger partial charge in [-0.15, -0.1) is 0 Å². The molecule has 1 heterocycles. The molecule has 2 aliphatic rings. The maximum Gasteiger partial charge on any atom is 0.255 e. The zero-order valence-electron chi connectivity index (χ0n) is 16.2. The molecule has 2 aromatic rings. The minimum absolute atomic E-state index is 0.0396. The standard InChI is InChI=1S/C21H24N2O5S/c1-2-29(25,26)23-17-8-6-7-15(13-17)20(24)22-16-9-10-18-19(14-16)28-21(27-18)11-4-3-5-12-21/h6-10,13-14,23H,2-5,11-12H2,1H3,(H,22,24). The molecule has 7 nitrogen and oxygen atoms in total. The lowest BCUT2D eigenvalue weighted by molar-refractivity contribution is -0.105. The second-order valence-corrected chi connectivity index (χ2v) is 9.39. The molecule has 0 bridgehead atoms. The maximum absolute atomic E-state index is 12.6. The molecular weight excluding hydrogens is 392 g/mol. The van der Waals surface area contributed by atoms with E-state index >= 15 is 0 Å². The molecule has 1 amide bonds. The van der Waals surface area contributed by atoms with Gasteiger partial charge in [0.05, 0.1) is 5.75 Å². The Balaban J connectivity index is 1.47. The molecular formula is C21H24N2O5S. The van der Waals surface area contributed by atoms with Crippen LogP contribution in [0.5, 0.6) is 11.5 Å². The van der Waals surface area contributed by atoms with Crippen LogP contribution in [0.2, 0.25) is 0 Å². The van der Waals surface area contributed by atoms with Gasteiger partial charge in [-0.3, -0.25) is 9.52 Å². The Morgan fingerprint density at radius 2 is 1.76 bits per heavy atom. The second kappa shape index (κ2) is 7.59. The molecule has 154 valence electrons. The molecule has 0 unspecified atom stereocenters. The number of nitrogens with one attached hydrogen (secondary N) is 2. The summed E-state index contributed by atoms with van der Waals surface area (Å²) in [5.41, 5.74) is 1.29. The van der Waals surface area contributed by atoms with E-state index in [4.69, 9.17) is 9.47 Å². The highest BCUT2D eigenvalue weighted by Crippen LogP contribution is 2.46. The molecule has 1 aliphatic carbocycles. The maximum atomic E-state index is 12.6. The van der Waals surface area contributed by atoms with Crippen LogP contribution in [0, 0.1) is 0 Å². The molecule has 2 N–H and O–H groups in total. The molecule has 0 aromatic heterocycles. The number of anilines is 2. The average molecular weight is 416 g/mol. The second-order valence-electron chi connectivity index (χ2n) is 7.38. The molecule has 2 aromatic carbocycles. The molecule has 1 spiro atoms. The van der Waals surface area contributed by atoms with Gasteiger partial charge in [-0.05, 0) is 50.1 Å². The van der Waals surface area contributed by atoms with Gasteiger partial charge in [-0.1, -0.05) is 12.5 Å². The van der Waals surface area contributed by atoms with Gasteiger partial charge in [-0.2, -0.15) is 0 Å². The molecule has 29 heavy (non-hydrogen) atoms. The lowest BCUT2D eigenvalue weighted by atomic mass is 9.94. The van der Waals surface area contributed by atoms with Crippen molar-refractivity contribution < 1.29 is 22.7 Å². The highest BCUT2D eigenvalue weighted by atomic mass is 32.2. The predicted octanol–water partition coefficient (Wildman–Crippen LogP) is 4.13. The van der Waals surface area contributed by atoms with Crippen molar-refractivity contribution >= 4 is 27.3 Å². The number of hydrogen-bond acceptors (Lipinski definition) is 5. The van der Waals surface area contributed by atoms with Crippen LogP contribution in [0.3, 0.4) is 0 Å². The van der Waals surface area contributed by atoms with Crippen LogP contribution >= 0.6 is 0 Å². The summed E-state index contributed by atoms with van der Waals surface area (Å²) in [6.07, 6.45) is 5.08. The highest BCUT2D eigenvalue weighted by Gasteiger charge is 2.42. The van der Waals surface area contributed by atoms with Crippen molar-refractivity contribution in [2.75, 3.05) is 15.8 Å². The number of carbonyl (C=O) groups is 1. The van der Waals surface area contributed by atoms with E-state index in [2.05, 4.69) is 10.0 Å². The van der Waals surface area contributed by atoms with Crippen molar-refractivity contribution in [3.8, 4) is 11.5 Å². The van der Waals surface area contributed by atoms with Gasteiger partial charge in [-0.25, -0.2) is 8.42 Å². The fourth-order valence-electron chi connectivity index (χ4n) is 3.65. The van der Waals surface area contributed by atoms with Crippen molar-refractivity contribution in [3.63, 3.8) is 0 Å². The summed E-state index contributed by atoms with van der Waals surface area (Å²) >= 11 is 0. The average Bonchev–Trinajstić information content (AvgIpc) is 3.05. The third-order valence-electron chi connectivity index (χ3n) is 5.19. The van der Waals surface area contributed by atoms with E-state index < -0.39 is 15.8 Å². The van der Waals surface area contributed by atoms with Crippen molar-refractivity contribution in [3.05, 3.63) is 48.0 Å². The Hall–Kier alpha value is -2.74. The molecule has 1 saturated carbocycles. The molecule has 4 rings (SSSR count). The highest BCUT2D eigenvalue weighted by molar-refractivity contribution is 7.92. The molecule has 1 fully saturated rings. The number of benzene rings is 2. The first kappa shape index (κ1) is 19.6. The van der Waals surface area contributed by atoms with Gasteiger partial charge >= 0.3 is 0 Å². The van der Waals surface area contributed by atoms with Crippen molar-refractivity contribution in [2.45, 2.75) is 44.8 Å². The van der Waals surface area contributed by atoms with E-state index in [0.29, 0.717) is 28.4 Å². The molecule has 0 atom stereocenters. The number of ether oxygens (including phenoxy) is 2. The van der Waals surface area contributed by atoms with E-state index in [1.54, 1.807) is 43.3 Å². The zero-order chi connectivity index (χ0) is 20.5. The van der Waals surface area contributed by atoms with Crippen LogP contribution in [0.25, 0.3) is 0 Å². The number of sulfonamides is 1. The van der Waals surface area contributed by atoms with Gasteiger partial charge in [0.1, 0.15) is 0 Å². The fourth-order valence-corrected chi connectivity index (χ4v) is 4.28. The van der Waals surface area contributed by atoms with Crippen molar-refractivity contribution in [1.82, 2.24) is 0 Å². The first-order valence-corrected chi connectivity index (χ1v) is 11.5. The van der Waals surface area contributed by atoms with E-state index in [9.17, 15) is 13.2 Å². The van der Waals surface area contributed by atoms with Gasteiger partial charge in [0.2, 0.25) is 10.0 Å². The predicted molar refractivity (Wildman–Crippen MR) is 111 cm³/mol. The number of fused-ring (bicyclic) bond motifs is 1. The largest absolute Gasteiger partial charge is 0.448 e. The zero-order valence-corrected chi connectivity index (χ0v) is 17.1. The Morgan fingerprint density at radius 1 is 1.00 bits per heavy atom. The normalized spacial score (nSPS) is 17.1. The van der Waals surface area contributed by atoms with E-state index in [-0.39, 0.29) is 11.7 Å². The summed E-state index contributed by atoms with van der Waals surface area (Å²) in [5, 5.41) is 2.83. The van der Waals surface area contributed by atoms with Crippen LogP contribution < -0.4 is 19.5 Å². The summed E-state index contributed by atoms with van der Waals surface area (Å²) < 4.78 is 38.1. The monoisotopic (exact) mass is 416 g/mol. The first-order chi connectivity index (χ1) is 13.9. The number of hydrogen-bond donors (Lipinski definition) is 2. The summed E-state index contributed by atoms with van der Waals surface area (Å²) in [6, 6.07) is 11.7. The van der Waals surface area contributed by atoms with Gasteiger partial charge in [0, 0.05) is 35.8 Å². The van der Waals surface area contributed by atoms with Gasteiger partial charge in [0.15, 0.2) is 11.5 Å². The van der Waals surface area contributed by atoms with Crippen LogP contribution in [-0.4, -0.2) is 25.9 Å². The van der Waals surface area contributed by atoms with E-state index in [0.717, 1.165) is 25.7 Å². The molecule has 8 heteroatoms. The number of carbonyl (C=O) groups excluding carboxylic acids is 1.